The van der Waals surface area contributed by atoms with Crippen LogP contribution in [0.15, 0.2) is 30.3 Å². The second-order valence-electron chi connectivity index (χ2n) is 5.25. The zero-order chi connectivity index (χ0) is 13.5. The fourth-order valence-electron chi connectivity index (χ4n) is 2.54. The molecular formula is C16H22O3. The summed E-state index contributed by atoms with van der Waals surface area (Å²) in [5.74, 6) is -0.240. The fourth-order valence-corrected chi connectivity index (χ4v) is 2.54. The number of carbonyl (C=O) groups excluding carboxylic acids is 1. The first-order valence-electron chi connectivity index (χ1n) is 7.17. The van der Waals surface area contributed by atoms with Crippen molar-refractivity contribution in [3.8, 4) is 0 Å². The molecule has 0 aromatic heterocycles. The third-order valence-corrected chi connectivity index (χ3v) is 3.64. The molecule has 0 unspecified atom stereocenters. The molecule has 0 saturated heterocycles. The third kappa shape index (κ3) is 4.67. The molecule has 3 heteroatoms. The molecule has 1 aliphatic rings. The van der Waals surface area contributed by atoms with Crippen molar-refractivity contribution in [3.05, 3.63) is 35.9 Å². The molecule has 1 N–H and O–H groups in total. The quantitative estimate of drug-likeness (QED) is 0.852. The van der Waals surface area contributed by atoms with Crippen LogP contribution >= 0.6 is 0 Å². The minimum absolute atomic E-state index is 0.240. The van der Waals surface area contributed by atoms with Gasteiger partial charge in [-0.1, -0.05) is 49.6 Å². The lowest BCUT2D eigenvalue weighted by molar-refractivity contribution is -0.155. The highest BCUT2D eigenvalue weighted by molar-refractivity contribution is 5.72. The van der Waals surface area contributed by atoms with Gasteiger partial charge in [0.25, 0.3) is 0 Å². The van der Waals surface area contributed by atoms with Gasteiger partial charge in [0.05, 0.1) is 12.5 Å². The Kier molecular flexibility index (Phi) is 5.40. The summed E-state index contributed by atoms with van der Waals surface area (Å²) in [6.45, 7) is 0. The van der Waals surface area contributed by atoms with Crippen molar-refractivity contribution in [2.24, 2.45) is 0 Å². The highest BCUT2D eigenvalue weighted by Crippen LogP contribution is 2.20. The summed E-state index contributed by atoms with van der Waals surface area (Å²) in [6.07, 6.45) is 5.36. The van der Waals surface area contributed by atoms with E-state index in [0.717, 1.165) is 31.2 Å². The zero-order valence-corrected chi connectivity index (χ0v) is 11.3. The summed E-state index contributed by atoms with van der Waals surface area (Å²) in [6, 6.07) is 9.57. The van der Waals surface area contributed by atoms with Crippen LogP contribution in [0.25, 0.3) is 0 Å². The maximum Gasteiger partial charge on any atom is 0.310 e. The molecule has 3 nitrogen and oxygen atoms in total. The number of esters is 1. The van der Waals surface area contributed by atoms with E-state index in [1.165, 1.54) is 12.8 Å². The maximum absolute atomic E-state index is 11.9. The van der Waals surface area contributed by atoms with Crippen LogP contribution in [0.5, 0.6) is 0 Å². The highest BCUT2D eigenvalue weighted by atomic mass is 16.6. The van der Waals surface area contributed by atoms with Crippen LogP contribution in [-0.2, 0) is 16.0 Å². The molecule has 2 rings (SSSR count). The van der Waals surface area contributed by atoms with E-state index in [-0.39, 0.29) is 18.5 Å². The van der Waals surface area contributed by atoms with Crippen molar-refractivity contribution in [2.75, 3.05) is 0 Å². The number of aliphatic hydroxyl groups is 1. The smallest absolute Gasteiger partial charge is 0.310 e. The van der Waals surface area contributed by atoms with E-state index < -0.39 is 6.10 Å². The van der Waals surface area contributed by atoms with Crippen LogP contribution in [0, 0.1) is 0 Å². The van der Waals surface area contributed by atoms with E-state index in [2.05, 4.69) is 0 Å². The van der Waals surface area contributed by atoms with Crippen LogP contribution in [0.2, 0.25) is 0 Å². The molecule has 0 bridgehead atoms. The van der Waals surface area contributed by atoms with E-state index in [1.807, 2.05) is 30.3 Å². The average molecular weight is 262 g/mol. The number of rotatable bonds is 3. The van der Waals surface area contributed by atoms with Crippen molar-refractivity contribution >= 4 is 5.97 Å². The predicted octanol–water partition coefficient (Wildman–Crippen LogP) is 2.86. The molecule has 0 spiro atoms. The normalized spacial score (nSPS) is 24.3. The molecule has 1 aromatic carbocycles. The van der Waals surface area contributed by atoms with Crippen molar-refractivity contribution < 1.29 is 14.6 Å². The van der Waals surface area contributed by atoms with Crippen LogP contribution < -0.4 is 0 Å². The van der Waals surface area contributed by atoms with Crippen LogP contribution in [0.4, 0.5) is 0 Å². The van der Waals surface area contributed by atoms with Gasteiger partial charge in [0, 0.05) is 0 Å². The Bertz CT molecular complexity index is 388. The van der Waals surface area contributed by atoms with Gasteiger partial charge < -0.3 is 9.84 Å². The summed E-state index contributed by atoms with van der Waals surface area (Å²) < 4.78 is 5.45. The lowest BCUT2D eigenvalue weighted by Gasteiger charge is -2.25. The van der Waals surface area contributed by atoms with Gasteiger partial charge in [0.2, 0.25) is 0 Å². The summed E-state index contributed by atoms with van der Waals surface area (Å²) in [7, 11) is 0. The second-order valence-corrected chi connectivity index (χ2v) is 5.25. The Hall–Kier alpha value is -1.35. The average Bonchev–Trinajstić information content (AvgIpc) is 2.40. The van der Waals surface area contributed by atoms with Gasteiger partial charge in [-0.15, -0.1) is 0 Å². The standard InChI is InChI=1S/C16H22O3/c17-14-10-6-1-2-7-11-15(14)19-16(18)12-13-8-4-3-5-9-13/h3-5,8-9,14-15,17H,1-2,6-7,10-12H2/t14-,15+/m1/s1. The minimum atomic E-state index is -0.500. The SMILES string of the molecule is O=C(Cc1ccccc1)O[C@H]1CCCCCC[C@H]1O. The topological polar surface area (TPSA) is 46.5 Å². The molecule has 0 amide bonds. The van der Waals surface area contributed by atoms with E-state index in [1.54, 1.807) is 0 Å². The zero-order valence-electron chi connectivity index (χ0n) is 11.3. The van der Waals surface area contributed by atoms with Crippen molar-refractivity contribution in [3.63, 3.8) is 0 Å². The van der Waals surface area contributed by atoms with Gasteiger partial charge in [-0.3, -0.25) is 4.79 Å². The Morgan fingerprint density at radius 3 is 2.53 bits per heavy atom. The monoisotopic (exact) mass is 262 g/mol. The summed E-state index contributed by atoms with van der Waals surface area (Å²) >= 11 is 0. The van der Waals surface area contributed by atoms with Crippen LogP contribution in [0.1, 0.15) is 44.1 Å². The Morgan fingerprint density at radius 1 is 1.11 bits per heavy atom. The number of hydrogen-bond acceptors (Lipinski definition) is 3. The summed E-state index contributed by atoms with van der Waals surface area (Å²) in [5, 5.41) is 10.0. The third-order valence-electron chi connectivity index (χ3n) is 3.64. The highest BCUT2D eigenvalue weighted by Gasteiger charge is 2.24. The number of aliphatic hydroxyl groups excluding tert-OH is 1. The molecule has 0 heterocycles. The van der Waals surface area contributed by atoms with Crippen molar-refractivity contribution in [1.29, 1.82) is 0 Å². The number of carbonyl (C=O) groups is 1. The first-order valence-corrected chi connectivity index (χ1v) is 7.17. The molecule has 104 valence electrons. The molecule has 0 radical (unpaired) electrons. The number of hydrogen-bond donors (Lipinski definition) is 1. The Labute approximate surface area is 114 Å². The first-order chi connectivity index (χ1) is 9.25. The lowest BCUT2D eigenvalue weighted by atomic mass is 9.96. The predicted molar refractivity (Wildman–Crippen MR) is 73.7 cm³/mol. The first kappa shape index (κ1) is 14.1. The van der Waals surface area contributed by atoms with E-state index in [9.17, 15) is 9.90 Å². The fraction of sp³-hybridized carbons (Fsp3) is 0.562. The molecule has 2 atom stereocenters. The number of ether oxygens (including phenoxy) is 1. The second kappa shape index (κ2) is 7.29. The van der Waals surface area contributed by atoms with E-state index >= 15 is 0 Å². The molecule has 1 aromatic rings. The molecule has 1 aliphatic carbocycles. The number of benzene rings is 1. The molecule has 1 fully saturated rings. The van der Waals surface area contributed by atoms with Gasteiger partial charge in [-0.25, -0.2) is 0 Å². The van der Waals surface area contributed by atoms with Gasteiger partial charge in [-0.05, 0) is 24.8 Å². The Balaban J connectivity index is 1.86. The van der Waals surface area contributed by atoms with Crippen LogP contribution in [0.3, 0.4) is 0 Å². The molecule has 1 saturated carbocycles. The van der Waals surface area contributed by atoms with E-state index in [0.29, 0.717) is 0 Å². The molecule has 19 heavy (non-hydrogen) atoms. The largest absolute Gasteiger partial charge is 0.459 e. The van der Waals surface area contributed by atoms with Gasteiger partial charge >= 0.3 is 5.97 Å². The maximum atomic E-state index is 11.9. The van der Waals surface area contributed by atoms with Crippen LogP contribution in [-0.4, -0.2) is 23.3 Å². The Morgan fingerprint density at radius 2 is 1.79 bits per heavy atom. The van der Waals surface area contributed by atoms with Gasteiger partial charge in [0.1, 0.15) is 6.10 Å². The van der Waals surface area contributed by atoms with Crippen molar-refractivity contribution in [2.45, 2.75) is 57.2 Å². The van der Waals surface area contributed by atoms with E-state index in [4.69, 9.17) is 4.74 Å². The molecule has 0 aliphatic heterocycles. The molecular weight excluding hydrogens is 240 g/mol. The lowest BCUT2D eigenvalue weighted by Crippen LogP contribution is -2.32. The van der Waals surface area contributed by atoms with Gasteiger partial charge in [0.15, 0.2) is 0 Å². The minimum Gasteiger partial charge on any atom is -0.459 e. The van der Waals surface area contributed by atoms with Crippen molar-refractivity contribution in [1.82, 2.24) is 0 Å². The van der Waals surface area contributed by atoms with Gasteiger partial charge in [-0.2, -0.15) is 0 Å². The summed E-state index contributed by atoms with van der Waals surface area (Å²) in [4.78, 5) is 11.9. The summed E-state index contributed by atoms with van der Waals surface area (Å²) in [5.41, 5.74) is 0.952.